The highest BCUT2D eigenvalue weighted by atomic mass is 16.5. The van der Waals surface area contributed by atoms with Crippen molar-refractivity contribution in [2.24, 2.45) is 4.99 Å². The van der Waals surface area contributed by atoms with Gasteiger partial charge in [-0.15, -0.1) is 0 Å². The normalized spacial score (nSPS) is 16.1. The summed E-state index contributed by atoms with van der Waals surface area (Å²) in [7, 11) is 1.63. The maximum Gasteiger partial charge on any atom is 0.238 e. The third-order valence-corrected chi connectivity index (χ3v) is 4.44. The van der Waals surface area contributed by atoms with Gasteiger partial charge in [0, 0.05) is 11.8 Å². The third-order valence-electron chi connectivity index (χ3n) is 4.44. The monoisotopic (exact) mass is 342 g/mol. The number of nitrogens with zero attached hydrogens (tertiary/aromatic N) is 1. The van der Waals surface area contributed by atoms with E-state index in [1.807, 2.05) is 78.9 Å². The smallest absolute Gasteiger partial charge is 0.238 e. The summed E-state index contributed by atoms with van der Waals surface area (Å²) < 4.78 is 5.30. The number of para-hydroxylation sites is 1. The molecule has 3 aromatic rings. The Morgan fingerprint density at radius 3 is 2.54 bits per heavy atom. The third kappa shape index (κ3) is 2.97. The number of hydrogen-bond acceptors (Lipinski definition) is 3. The Hall–Kier alpha value is -3.40. The molecule has 4 nitrogen and oxygen atoms in total. The van der Waals surface area contributed by atoms with E-state index in [1.54, 1.807) is 7.11 Å². The van der Waals surface area contributed by atoms with Crippen molar-refractivity contribution in [2.45, 2.75) is 5.92 Å². The first-order valence-corrected chi connectivity index (χ1v) is 8.44. The molecule has 1 atom stereocenters. The van der Waals surface area contributed by atoms with E-state index >= 15 is 0 Å². The number of methoxy groups -OCH3 is 1. The molecule has 0 radical (unpaired) electrons. The van der Waals surface area contributed by atoms with E-state index in [4.69, 9.17) is 9.73 Å². The summed E-state index contributed by atoms with van der Waals surface area (Å²) in [4.78, 5) is 17.6. The number of anilines is 1. The zero-order valence-electron chi connectivity index (χ0n) is 14.3. The Kier molecular flexibility index (Phi) is 4.23. The van der Waals surface area contributed by atoms with Gasteiger partial charge in [-0.25, -0.2) is 0 Å². The Bertz CT molecular complexity index is 980. The first kappa shape index (κ1) is 16.1. The molecule has 0 saturated heterocycles. The standard InChI is InChI=1S/C22H18N2O2/c1-26-17-11-7-10-16(14-17)23-21(15-8-3-2-4-9-15)20-18-12-5-6-13-19(18)24-22(20)25/h2-14,20H,1H3,(H,24,25). The topological polar surface area (TPSA) is 50.7 Å². The second-order valence-corrected chi connectivity index (χ2v) is 6.07. The summed E-state index contributed by atoms with van der Waals surface area (Å²) in [5.41, 5.74) is 4.19. The summed E-state index contributed by atoms with van der Waals surface area (Å²) >= 11 is 0. The maximum absolute atomic E-state index is 12.7. The Morgan fingerprint density at radius 2 is 1.73 bits per heavy atom. The second kappa shape index (κ2) is 6.84. The number of aliphatic imine (C=N–C) groups is 1. The number of fused-ring (bicyclic) bond motifs is 1. The molecule has 0 spiro atoms. The minimum absolute atomic E-state index is 0.0586. The molecule has 4 rings (SSSR count). The fourth-order valence-corrected chi connectivity index (χ4v) is 3.20. The Labute approximate surface area is 152 Å². The molecule has 0 saturated carbocycles. The van der Waals surface area contributed by atoms with Crippen LogP contribution in [0.2, 0.25) is 0 Å². The van der Waals surface area contributed by atoms with E-state index in [9.17, 15) is 4.79 Å². The zero-order valence-corrected chi connectivity index (χ0v) is 14.3. The molecule has 3 aromatic carbocycles. The average molecular weight is 342 g/mol. The van der Waals surface area contributed by atoms with Crippen molar-refractivity contribution in [1.82, 2.24) is 0 Å². The van der Waals surface area contributed by atoms with Gasteiger partial charge in [0.2, 0.25) is 5.91 Å². The molecule has 1 aliphatic rings. The van der Waals surface area contributed by atoms with Crippen LogP contribution in [0.4, 0.5) is 11.4 Å². The molecule has 1 amide bonds. The Balaban J connectivity index is 1.87. The summed E-state index contributed by atoms with van der Waals surface area (Å²) in [5, 5.41) is 2.96. The first-order chi connectivity index (χ1) is 12.8. The zero-order chi connectivity index (χ0) is 17.9. The molecule has 0 fully saturated rings. The van der Waals surface area contributed by atoms with Gasteiger partial charge in [-0.3, -0.25) is 9.79 Å². The van der Waals surface area contributed by atoms with E-state index in [0.29, 0.717) is 0 Å². The number of carbonyl (C=O) groups is 1. The number of ether oxygens (including phenoxy) is 1. The number of rotatable bonds is 4. The van der Waals surface area contributed by atoms with Crippen molar-refractivity contribution >= 4 is 23.0 Å². The van der Waals surface area contributed by atoms with Crippen LogP contribution < -0.4 is 10.1 Å². The molecule has 1 N–H and O–H groups in total. The van der Waals surface area contributed by atoms with Crippen molar-refractivity contribution in [2.75, 3.05) is 12.4 Å². The lowest BCUT2D eigenvalue weighted by atomic mass is 9.90. The van der Waals surface area contributed by atoms with Crippen LogP contribution in [0.1, 0.15) is 17.0 Å². The average Bonchev–Trinajstić information content (AvgIpc) is 3.02. The summed E-state index contributed by atoms with van der Waals surface area (Å²) in [6, 6.07) is 25.1. The molecule has 26 heavy (non-hydrogen) atoms. The van der Waals surface area contributed by atoms with E-state index < -0.39 is 5.92 Å². The van der Waals surface area contributed by atoms with Gasteiger partial charge >= 0.3 is 0 Å². The summed E-state index contributed by atoms with van der Waals surface area (Å²) in [6.07, 6.45) is 0. The highest BCUT2D eigenvalue weighted by Gasteiger charge is 2.35. The minimum Gasteiger partial charge on any atom is -0.497 e. The molecule has 0 aliphatic carbocycles. The molecule has 4 heteroatoms. The fourth-order valence-electron chi connectivity index (χ4n) is 3.20. The van der Waals surface area contributed by atoms with Crippen LogP contribution in [-0.4, -0.2) is 18.7 Å². The lowest BCUT2D eigenvalue weighted by Gasteiger charge is -2.14. The van der Waals surface area contributed by atoms with E-state index in [-0.39, 0.29) is 5.91 Å². The number of benzene rings is 3. The fraction of sp³-hybridized carbons (Fsp3) is 0.0909. The molecule has 1 heterocycles. The molecule has 0 aromatic heterocycles. The van der Waals surface area contributed by atoms with Crippen LogP contribution in [0.5, 0.6) is 5.75 Å². The number of amides is 1. The molecule has 1 aliphatic heterocycles. The van der Waals surface area contributed by atoms with Gasteiger partial charge in [0.15, 0.2) is 0 Å². The lowest BCUT2D eigenvalue weighted by molar-refractivity contribution is -0.115. The van der Waals surface area contributed by atoms with Crippen molar-refractivity contribution in [3.05, 3.63) is 90.0 Å². The van der Waals surface area contributed by atoms with Crippen LogP contribution in [0.3, 0.4) is 0 Å². The van der Waals surface area contributed by atoms with Crippen molar-refractivity contribution < 1.29 is 9.53 Å². The number of nitrogens with one attached hydrogen (secondary N) is 1. The van der Waals surface area contributed by atoms with Gasteiger partial charge in [-0.1, -0.05) is 54.6 Å². The van der Waals surface area contributed by atoms with Gasteiger partial charge in [0.05, 0.1) is 18.5 Å². The summed E-state index contributed by atoms with van der Waals surface area (Å²) in [5.74, 6) is 0.228. The molecule has 128 valence electrons. The number of carbonyl (C=O) groups excluding carboxylic acids is 1. The summed E-state index contributed by atoms with van der Waals surface area (Å²) in [6.45, 7) is 0. The molecule has 0 bridgehead atoms. The van der Waals surface area contributed by atoms with Crippen LogP contribution in [0.25, 0.3) is 0 Å². The first-order valence-electron chi connectivity index (χ1n) is 8.44. The van der Waals surface area contributed by atoms with Crippen molar-refractivity contribution in [1.29, 1.82) is 0 Å². The van der Waals surface area contributed by atoms with E-state index in [1.165, 1.54) is 0 Å². The van der Waals surface area contributed by atoms with Crippen molar-refractivity contribution in [3.8, 4) is 5.75 Å². The van der Waals surface area contributed by atoms with Gasteiger partial charge in [0.1, 0.15) is 11.7 Å². The van der Waals surface area contributed by atoms with E-state index in [2.05, 4.69) is 5.32 Å². The predicted octanol–water partition coefficient (Wildman–Crippen LogP) is 4.55. The largest absolute Gasteiger partial charge is 0.497 e. The maximum atomic E-state index is 12.7. The van der Waals surface area contributed by atoms with Gasteiger partial charge in [-0.2, -0.15) is 0 Å². The van der Waals surface area contributed by atoms with Crippen LogP contribution >= 0.6 is 0 Å². The second-order valence-electron chi connectivity index (χ2n) is 6.07. The van der Waals surface area contributed by atoms with Crippen LogP contribution in [0.15, 0.2) is 83.9 Å². The highest BCUT2D eigenvalue weighted by molar-refractivity contribution is 6.24. The number of hydrogen-bond donors (Lipinski definition) is 1. The molecule has 1 unspecified atom stereocenters. The van der Waals surface area contributed by atoms with Gasteiger partial charge in [0.25, 0.3) is 0 Å². The predicted molar refractivity (Wildman–Crippen MR) is 103 cm³/mol. The van der Waals surface area contributed by atoms with Gasteiger partial charge in [-0.05, 0) is 29.3 Å². The highest BCUT2D eigenvalue weighted by Crippen LogP contribution is 2.36. The van der Waals surface area contributed by atoms with Gasteiger partial charge < -0.3 is 10.1 Å². The lowest BCUT2D eigenvalue weighted by Crippen LogP contribution is -2.21. The quantitative estimate of drug-likeness (QED) is 0.707. The van der Waals surface area contributed by atoms with E-state index in [0.717, 1.165) is 34.0 Å². The molecular weight excluding hydrogens is 324 g/mol. The SMILES string of the molecule is COc1cccc(N=C(c2ccccc2)C2C(=O)Nc3ccccc32)c1. The van der Waals surface area contributed by atoms with Crippen LogP contribution in [-0.2, 0) is 4.79 Å². The Morgan fingerprint density at radius 1 is 0.962 bits per heavy atom. The molecular formula is C22H18N2O2. The van der Waals surface area contributed by atoms with Crippen LogP contribution in [0, 0.1) is 0 Å². The van der Waals surface area contributed by atoms with Crippen molar-refractivity contribution in [3.63, 3.8) is 0 Å². The minimum atomic E-state index is -0.445.